The van der Waals surface area contributed by atoms with Gasteiger partial charge in [-0.2, -0.15) is 5.10 Å². The molecule has 70 valence electrons. The van der Waals surface area contributed by atoms with Gasteiger partial charge in [0, 0.05) is 26.2 Å². The number of aromatic nitrogens is 2. The highest BCUT2D eigenvalue weighted by Gasteiger charge is 1.92. The number of carbonyl (C=O) groups is 1. The van der Waals surface area contributed by atoms with Crippen molar-refractivity contribution in [3.8, 4) is 0 Å². The molecule has 0 unspecified atom stereocenters. The molecule has 1 amide bonds. The second-order valence-electron chi connectivity index (χ2n) is 2.52. The second-order valence-corrected chi connectivity index (χ2v) is 2.52. The summed E-state index contributed by atoms with van der Waals surface area (Å²) in [6.45, 7) is 2.73. The Morgan fingerprint density at radius 1 is 1.54 bits per heavy atom. The van der Waals surface area contributed by atoms with Gasteiger partial charge in [0.2, 0.25) is 5.91 Å². The number of hydrogen-bond donors (Lipinski definition) is 2. The summed E-state index contributed by atoms with van der Waals surface area (Å²) < 4.78 is 0. The third-order valence-electron chi connectivity index (χ3n) is 1.38. The molecule has 1 aromatic heterocycles. The van der Waals surface area contributed by atoms with Gasteiger partial charge in [0.1, 0.15) is 5.82 Å². The van der Waals surface area contributed by atoms with Crippen LogP contribution in [0, 0.1) is 0 Å². The molecular weight excluding hydrogens is 168 g/mol. The lowest BCUT2D eigenvalue weighted by Crippen LogP contribution is -2.26. The van der Waals surface area contributed by atoms with Crippen molar-refractivity contribution in [2.24, 2.45) is 0 Å². The predicted octanol–water partition coefficient (Wildman–Crippen LogP) is 0.0246. The van der Waals surface area contributed by atoms with Crippen LogP contribution in [0.1, 0.15) is 6.92 Å². The van der Waals surface area contributed by atoms with E-state index < -0.39 is 0 Å². The first-order chi connectivity index (χ1) is 6.29. The molecule has 2 N–H and O–H groups in total. The van der Waals surface area contributed by atoms with E-state index >= 15 is 0 Å². The van der Waals surface area contributed by atoms with E-state index in [0.29, 0.717) is 18.9 Å². The van der Waals surface area contributed by atoms with Crippen molar-refractivity contribution in [3.63, 3.8) is 0 Å². The average molecular weight is 180 g/mol. The summed E-state index contributed by atoms with van der Waals surface area (Å²) in [7, 11) is 0. The minimum absolute atomic E-state index is 0.0269. The molecule has 0 aliphatic rings. The van der Waals surface area contributed by atoms with Gasteiger partial charge >= 0.3 is 0 Å². The highest BCUT2D eigenvalue weighted by Crippen LogP contribution is 1.95. The van der Waals surface area contributed by atoms with Crippen LogP contribution in [0.3, 0.4) is 0 Å². The fraction of sp³-hybridized carbons (Fsp3) is 0.375. The van der Waals surface area contributed by atoms with Crippen molar-refractivity contribution in [1.82, 2.24) is 15.5 Å². The number of amides is 1. The molecular formula is C8H12N4O. The standard InChI is InChI=1S/C8H12N4O/c1-7(13)9-5-6-10-8-3-2-4-11-12-8/h2-4H,5-6H2,1H3,(H,9,13)(H,10,12). The first-order valence-corrected chi connectivity index (χ1v) is 4.05. The Morgan fingerprint density at radius 2 is 2.38 bits per heavy atom. The molecule has 0 aliphatic heterocycles. The summed E-state index contributed by atoms with van der Waals surface area (Å²) in [5.74, 6) is 0.689. The average Bonchev–Trinajstić information content (AvgIpc) is 2.14. The fourth-order valence-corrected chi connectivity index (χ4v) is 0.825. The number of nitrogens with one attached hydrogen (secondary N) is 2. The molecule has 0 fully saturated rings. The van der Waals surface area contributed by atoms with Crippen molar-refractivity contribution in [2.45, 2.75) is 6.92 Å². The molecule has 0 aliphatic carbocycles. The van der Waals surface area contributed by atoms with Gasteiger partial charge in [-0.3, -0.25) is 4.79 Å². The molecule has 1 rings (SSSR count). The van der Waals surface area contributed by atoms with Gasteiger partial charge in [0.25, 0.3) is 0 Å². The lowest BCUT2D eigenvalue weighted by atomic mass is 10.5. The molecule has 0 bridgehead atoms. The van der Waals surface area contributed by atoms with E-state index in [-0.39, 0.29) is 5.91 Å². The van der Waals surface area contributed by atoms with Crippen molar-refractivity contribution in [2.75, 3.05) is 18.4 Å². The first-order valence-electron chi connectivity index (χ1n) is 4.05. The number of anilines is 1. The van der Waals surface area contributed by atoms with Gasteiger partial charge in [-0.05, 0) is 12.1 Å². The number of hydrogen-bond acceptors (Lipinski definition) is 4. The Hall–Kier alpha value is -1.65. The zero-order chi connectivity index (χ0) is 9.52. The second kappa shape index (κ2) is 5.08. The topological polar surface area (TPSA) is 66.9 Å². The van der Waals surface area contributed by atoms with Crippen LogP contribution in [0.5, 0.6) is 0 Å². The van der Waals surface area contributed by atoms with E-state index in [1.807, 2.05) is 6.07 Å². The largest absolute Gasteiger partial charge is 0.367 e. The Labute approximate surface area is 76.6 Å². The third-order valence-corrected chi connectivity index (χ3v) is 1.38. The summed E-state index contributed by atoms with van der Waals surface area (Å²) >= 11 is 0. The maximum atomic E-state index is 10.5. The van der Waals surface area contributed by atoms with Crippen molar-refractivity contribution >= 4 is 11.7 Å². The molecule has 5 heteroatoms. The summed E-state index contributed by atoms with van der Waals surface area (Å²) in [6, 6.07) is 3.62. The first kappa shape index (κ1) is 9.44. The van der Waals surface area contributed by atoms with Crippen molar-refractivity contribution in [3.05, 3.63) is 18.3 Å². The normalized spacial score (nSPS) is 9.31. The van der Waals surface area contributed by atoms with Crippen molar-refractivity contribution in [1.29, 1.82) is 0 Å². The molecule has 0 saturated heterocycles. The smallest absolute Gasteiger partial charge is 0.216 e. The lowest BCUT2D eigenvalue weighted by Gasteiger charge is -2.04. The van der Waals surface area contributed by atoms with E-state index in [4.69, 9.17) is 0 Å². The van der Waals surface area contributed by atoms with E-state index in [9.17, 15) is 4.79 Å². The summed E-state index contributed by atoms with van der Waals surface area (Å²) in [6.07, 6.45) is 1.61. The zero-order valence-electron chi connectivity index (χ0n) is 7.45. The van der Waals surface area contributed by atoms with E-state index in [2.05, 4.69) is 20.8 Å². The summed E-state index contributed by atoms with van der Waals surface area (Å²) in [5.41, 5.74) is 0. The lowest BCUT2D eigenvalue weighted by molar-refractivity contribution is -0.118. The monoisotopic (exact) mass is 180 g/mol. The van der Waals surface area contributed by atoms with Gasteiger partial charge < -0.3 is 10.6 Å². The maximum Gasteiger partial charge on any atom is 0.216 e. The molecule has 0 saturated carbocycles. The zero-order valence-corrected chi connectivity index (χ0v) is 7.45. The Morgan fingerprint density at radius 3 is 3.00 bits per heavy atom. The number of rotatable bonds is 4. The van der Waals surface area contributed by atoms with Crippen LogP contribution in [-0.4, -0.2) is 29.2 Å². The van der Waals surface area contributed by atoms with E-state index in [1.54, 1.807) is 12.3 Å². The van der Waals surface area contributed by atoms with E-state index in [1.165, 1.54) is 6.92 Å². The molecule has 5 nitrogen and oxygen atoms in total. The Balaban J connectivity index is 2.17. The van der Waals surface area contributed by atoms with Gasteiger partial charge in [-0.25, -0.2) is 0 Å². The number of carbonyl (C=O) groups excluding carboxylic acids is 1. The molecule has 13 heavy (non-hydrogen) atoms. The molecule has 1 aromatic rings. The van der Waals surface area contributed by atoms with Crippen LogP contribution in [0.2, 0.25) is 0 Å². The molecule has 1 heterocycles. The fourth-order valence-electron chi connectivity index (χ4n) is 0.825. The SMILES string of the molecule is CC(=O)NCCNc1cccnn1. The Bertz CT molecular complexity index is 262. The van der Waals surface area contributed by atoms with Crippen LogP contribution in [0.4, 0.5) is 5.82 Å². The third kappa shape index (κ3) is 4.05. The van der Waals surface area contributed by atoms with Gasteiger partial charge in [0.05, 0.1) is 0 Å². The predicted molar refractivity (Wildman–Crippen MR) is 49.2 cm³/mol. The quantitative estimate of drug-likeness (QED) is 0.641. The van der Waals surface area contributed by atoms with Gasteiger partial charge in [-0.15, -0.1) is 5.10 Å². The van der Waals surface area contributed by atoms with Crippen molar-refractivity contribution < 1.29 is 4.79 Å². The minimum atomic E-state index is -0.0269. The van der Waals surface area contributed by atoms with Crippen LogP contribution in [-0.2, 0) is 4.79 Å². The molecule has 0 spiro atoms. The van der Waals surface area contributed by atoms with Crippen LogP contribution in [0.15, 0.2) is 18.3 Å². The number of nitrogens with zero attached hydrogens (tertiary/aromatic N) is 2. The van der Waals surface area contributed by atoms with Crippen LogP contribution >= 0.6 is 0 Å². The van der Waals surface area contributed by atoms with Gasteiger partial charge in [-0.1, -0.05) is 0 Å². The van der Waals surface area contributed by atoms with Crippen LogP contribution in [0.25, 0.3) is 0 Å². The Kier molecular flexibility index (Phi) is 3.69. The molecule has 0 atom stereocenters. The molecule has 0 aromatic carbocycles. The summed E-state index contributed by atoms with van der Waals surface area (Å²) in [5, 5.41) is 13.2. The molecule has 0 radical (unpaired) electrons. The maximum absolute atomic E-state index is 10.5. The van der Waals surface area contributed by atoms with Crippen LogP contribution < -0.4 is 10.6 Å². The highest BCUT2D eigenvalue weighted by atomic mass is 16.1. The van der Waals surface area contributed by atoms with Gasteiger partial charge in [0.15, 0.2) is 0 Å². The highest BCUT2D eigenvalue weighted by molar-refractivity contribution is 5.72. The minimum Gasteiger partial charge on any atom is -0.367 e. The summed E-state index contributed by atoms with van der Waals surface area (Å²) in [4.78, 5) is 10.5. The van der Waals surface area contributed by atoms with E-state index in [0.717, 1.165) is 0 Å².